The molecule has 2 heterocycles. The fourth-order valence-corrected chi connectivity index (χ4v) is 6.95. The third-order valence-electron chi connectivity index (χ3n) is 9.45. The number of hydrogen-bond donors (Lipinski definition) is 4. The molecule has 0 spiro atoms. The van der Waals surface area contributed by atoms with Crippen LogP contribution in [0.1, 0.15) is 77.6 Å². The maximum Gasteiger partial charge on any atom is 0.407 e. The first-order valence-electron chi connectivity index (χ1n) is 18.5. The quantitative estimate of drug-likeness (QED) is 0.145. The van der Waals surface area contributed by atoms with Crippen LogP contribution in [0.2, 0.25) is 0 Å². The van der Waals surface area contributed by atoms with E-state index in [9.17, 15) is 24.3 Å². The number of benzene rings is 1. The number of alkyl carbamates (subject to hydrolysis) is 1. The third kappa shape index (κ3) is 13.2. The van der Waals surface area contributed by atoms with Crippen LogP contribution in [-0.4, -0.2) is 113 Å². The Hall–Kier alpha value is -3.79. The highest BCUT2D eigenvalue weighted by Crippen LogP contribution is 2.24. The molecule has 53 heavy (non-hydrogen) atoms. The number of thiazole rings is 1. The molecule has 0 radical (unpaired) electrons. The van der Waals surface area contributed by atoms with Crippen LogP contribution < -0.4 is 16.1 Å². The van der Waals surface area contributed by atoms with Crippen LogP contribution in [0, 0.1) is 17.3 Å². The van der Waals surface area contributed by atoms with Crippen LogP contribution in [0.25, 0.3) is 0 Å². The summed E-state index contributed by atoms with van der Waals surface area (Å²) in [5.74, 6) is -0.670. The normalized spacial score (nSPS) is 16.3. The number of nitrogens with zero attached hydrogens (tertiary/aromatic N) is 4. The predicted octanol–water partition coefficient (Wildman–Crippen LogP) is 4.18. The summed E-state index contributed by atoms with van der Waals surface area (Å²) in [6.07, 6.45) is -0.165. The number of hydrogen-bond acceptors (Lipinski definition) is 10. The fourth-order valence-electron chi connectivity index (χ4n) is 6.20. The number of amides is 5. The summed E-state index contributed by atoms with van der Waals surface area (Å²) in [6.45, 7) is 15.6. The molecule has 5 atom stereocenters. The van der Waals surface area contributed by atoms with Crippen LogP contribution in [0.15, 0.2) is 35.7 Å². The number of aliphatic hydroxyl groups is 1. The van der Waals surface area contributed by atoms with Gasteiger partial charge < -0.3 is 35.0 Å². The van der Waals surface area contributed by atoms with E-state index in [0.717, 1.165) is 16.3 Å². The number of urea groups is 1. The standard InChI is InChI=1S/C38H61N7O7S/c1-10-26(4)32(45-19-18-43(37(45)50)21-28-24-53-31(39-28)23-51-8)34(47)40-29(20-27-14-12-11-13-15-27)30(46)22-44(17-16-25(2)3)42-35(48)33(38(5,6)7)41-36(49)52-9/h11-15,24-26,29-30,32-33,46H,10,16-23H2,1-9H3,(H,40,47)(H,41,49)(H,42,48)/t26-,29-,30-,32-,33+/m0/s1. The Morgan fingerprint density at radius 2 is 1.75 bits per heavy atom. The van der Waals surface area contributed by atoms with Crippen molar-refractivity contribution in [3.8, 4) is 0 Å². The van der Waals surface area contributed by atoms with E-state index in [2.05, 4.69) is 34.9 Å². The van der Waals surface area contributed by atoms with Gasteiger partial charge in [-0.1, -0.05) is 85.2 Å². The number of ether oxygens (including phenoxy) is 2. The van der Waals surface area contributed by atoms with Gasteiger partial charge in [0, 0.05) is 38.7 Å². The summed E-state index contributed by atoms with van der Waals surface area (Å²) in [5, 5.41) is 22.1. The lowest BCUT2D eigenvalue weighted by molar-refractivity contribution is -0.132. The zero-order chi connectivity index (χ0) is 39.3. The van der Waals surface area contributed by atoms with E-state index in [1.165, 1.54) is 18.4 Å². The minimum Gasteiger partial charge on any atom is -0.453 e. The molecule has 1 saturated heterocycles. The van der Waals surface area contributed by atoms with Crippen molar-refractivity contribution < 1.29 is 33.8 Å². The minimum absolute atomic E-state index is 0.00551. The number of rotatable bonds is 20. The zero-order valence-corrected chi connectivity index (χ0v) is 33.7. The Balaban J connectivity index is 1.85. The fraction of sp³-hybridized carbons (Fsp3) is 0.658. The van der Waals surface area contributed by atoms with Gasteiger partial charge in [0.05, 0.1) is 38.1 Å². The third-order valence-corrected chi connectivity index (χ3v) is 10.3. The smallest absolute Gasteiger partial charge is 0.407 e. The molecule has 1 fully saturated rings. The van der Waals surface area contributed by atoms with E-state index in [-0.39, 0.29) is 24.4 Å². The number of hydrazine groups is 1. The Bertz CT molecular complexity index is 1470. The van der Waals surface area contributed by atoms with Crippen LogP contribution in [-0.2, 0) is 38.6 Å². The molecule has 5 amide bonds. The molecule has 0 aliphatic carbocycles. The van der Waals surface area contributed by atoms with Crippen LogP contribution in [0.5, 0.6) is 0 Å². The van der Waals surface area contributed by atoms with E-state index >= 15 is 0 Å². The van der Waals surface area contributed by atoms with E-state index in [1.807, 2.05) is 70.3 Å². The first-order valence-corrected chi connectivity index (χ1v) is 19.4. The van der Waals surface area contributed by atoms with Gasteiger partial charge >= 0.3 is 12.1 Å². The molecule has 0 bridgehead atoms. The average molecular weight is 760 g/mol. The Kier molecular flexibility index (Phi) is 17.0. The summed E-state index contributed by atoms with van der Waals surface area (Å²) < 4.78 is 9.96. The molecule has 1 aromatic heterocycles. The van der Waals surface area contributed by atoms with Crippen molar-refractivity contribution in [1.29, 1.82) is 0 Å². The van der Waals surface area contributed by atoms with E-state index in [4.69, 9.17) is 9.47 Å². The van der Waals surface area contributed by atoms with Crippen molar-refractivity contribution >= 4 is 35.3 Å². The van der Waals surface area contributed by atoms with Crippen molar-refractivity contribution in [2.24, 2.45) is 17.3 Å². The van der Waals surface area contributed by atoms with Gasteiger partial charge in [-0.05, 0) is 35.7 Å². The monoisotopic (exact) mass is 759 g/mol. The topological polar surface area (TPSA) is 166 Å². The Morgan fingerprint density at radius 1 is 1.06 bits per heavy atom. The number of aliphatic hydroxyl groups excluding tert-OH is 1. The summed E-state index contributed by atoms with van der Waals surface area (Å²) in [4.78, 5) is 61.8. The number of aromatic nitrogens is 1. The molecular weight excluding hydrogens is 699 g/mol. The number of carbonyl (C=O) groups is 4. The zero-order valence-electron chi connectivity index (χ0n) is 32.9. The maximum atomic E-state index is 14.3. The lowest BCUT2D eigenvalue weighted by Gasteiger charge is -2.36. The van der Waals surface area contributed by atoms with Gasteiger partial charge in [-0.3, -0.25) is 15.0 Å². The number of carbonyl (C=O) groups excluding carboxylic acids is 4. The van der Waals surface area contributed by atoms with Crippen molar-refractivity contribution in [2.75, 3.05) is 40.4 Å². The second-order valence-corrected chi connectivity index (χ2v) is 16.2. The largest absolute Gasteiger partial charge is 0.453 e. The SMILES string of the molecule is CC[C@H](C)[C@@H](C(=O)N[C@@H](Cc1ccccc1)[C@@H](O)CN(CCC(C)C)NC(=O)[C@@H](NC(=O)OC)C(C)(C)C)N1CCN(Cc2csc(COC)n2)C1=O. The van der Waals surface area contributed by atoms with Crippen molar-refractivity contribution in [1.82, 2.24) is 35.9 Å². The predicted molar refractivity (Wildman–Crippen MR) is 205 cm³/mol. The molecule has 1 aliphatic rings. The van der Waals surface area contributed by atoms with Gasteiger partial charge in [0.25, 0.3) is 5.91 Å². The Labute approximate surface area is 318 Å². The van der Waals surface area contributed by atoms with Crippen molar-refractivity contribution in [2.45, 2.75) is 105 Å². The van der Waals surface area contributed by atoms with Gasteiger partial charge in [-0.2, -0.15) is 0 Å². The van der Waals surface area contributed by atoms with E-state index in [0.29, 0.717) is 58.0 Å². The van der Waals surface area contributed by atoms with Crippen LogP contribution >= 0.6 is 11.3 Å². The van der Waals surface area contributed by atoms with Gasteiger partial charge in [0.2, 0.25) is 5.91 Å². The molecule has 2 aromatic rings. The Morgan fingerprint density at radius 3 is 2.36 bits per heavy atom. The molecule has 14 nitrogen and oxygen atoms in total. The van der Waals surface area contributed by atoms with Crippen LogP contribution in [0.3, 0.4) is 0 Å². The second kappa shape index (κ2) is 20.6. The molecule has 0 saturated carbocycles. The van der Waals surface area contributed by atoms with Crippen molar-refractivity contribution in [3.63, 3.8) is 0 Å². The first-order chi connectivity index (χ1) is 25.1. The average Bonchev–Trinajstić information content (AvgIpc) is 3.70. The molecule has 4 N–H and O–H groups in total. The van der Waals surface area contributed by atoms with Gasteiger partial charge in [-0.15, -0.1) is 11.3 Å². The van der Waals surface area contributed by atoms with E-state index in [1.54, 1.807) is 21.9 Å². The van der Waals surface area contributed by atoms with Gasteiger partial charge in [0.15, 0.2) is 0 Å². The van der Waals surface area contributed by atoms with E-state index < -0.39 is 41.6 Å². The van der Waals surface area contributed by atoms with Gasteiger partial charge in [-0.25, -0.2) is 19.6 Å². The first kappa shape index (κ1) is 43.6. The van der Waals surface area contributed by atoms with Gasteiger partial charge in [0.1, 0.15) is 17.1 Å². The number of methoxy groups -OCH3 is 2. The molecule has 3 rings (SSSR count). The minimum atomic E-state index is -1.12. The summed E-state index contributed by atoms with van der Waals surface area (Å²) in [6, 6.07) is 6.88. The van der Waals surface area contributed by atoms with Crippen LogP contribution in [0.4, 0.5) is 9.59 Å². The highest BCUT2D eigenvalue weighted by atomic mass is 32.1. The highest BCUT2D eigenvalue weighted by Gasteiger charge is 2.41. The van der Waals surface area contributed by atoms with Crippen molar-refractivity contribution in [3.05, 3.63) is 52.0 Å². The molecule has 1 aliphatic heterocycles. The molecular formula is C38H61N7O7S. The highest BCUT2D eigenvalue weighted by molar-refractivity contribution is 7.09. The maximum absolute atomic E-state index is 14.3. The molecule has 0 unspecified atom stereocenters. The molecule has 296 valence electrons. The number of nitrogens with one attached hydrogen (secondary N) is 3. The summed E-state index contributed by atoms with van der Waals surface area (Å²) in [5.41, 5.74) is 3.96. The lowest BCUT2D eigenvalue weighted by atomic mass is 9.86. The molecule has 15 heteroatoms. The summed E-state index contributed by atoms with van der Waals surface area (Å²) in [7, 11) is 2.85. The summed E-state index contributed by atoms with van der Waals surface area (Å²) >= 11 is 1.48. The lowest BCUT2D eigenvalue weighted by Crippen LogP contribution is -2.60. The second-order valence-electron chi connectivity index (χ2n) is 15.3. The molecule has 1 aromatic carbocycles.